The average Bonchev–Trinajstić information content (AvgIpc) is 2.37. The van der Waals surface area contributed by atoms with Crippen LogP contribution >= 0.6 is 0 Å². The predicted octanol–water partition coefficient (Wildman–Crippen LogP) is 3.92. The maximum Gasteiger partial charge on any atom is 0.193 e. The lowest BCUT2D eigenvalue weighted by molar-refractivity contribution is 0.103. The number of carbonyl (C=O) groups excluding carboxylic acids is 1. The summed E-state index contributed by atoms with van der Waals surface area (Å²) < 4.78 is 0. The summed E-state index contributed by atoms with van der Waals surface area (Å²) in [5.74, 6) is 0.0472. The second-order valence-electron chi connectivity index (χ2n) is 5.84. The molecule has 1 heterocycles. The van der Waals surface area contributed by atoms with Gasteiger partial charge in [0.2, 0.25) is 0 Å². The Morgan fingerprint density at radius 1 is 1.00 bits per heavy atom. The number of nitrogens with zero attached hydrogens (tertiary/aromatic N) is 1. The van der Waals surface area contributed by atoms with Crippen molar-refractivity contribution in [3.8, 4) is 0 Å². The van der Waals surface area contributed by atoms with Gasteiger partial charge in [-0.1, -0.05) is 45.0 Å². The standard InChI is InChI=1S/C17H19NO/c1-12-11-14(9-10-18-12)16(19)13-5-7-15(8-6-13)17(2,3)4/h5-11H,1-4H3. The fraction of sp³-hybridized carbons (Fsp3) is 0.294. The molecule has 2 nitrogen and oxygen atoms in total. The Labute approximate surface area is 114 Å². The number of ketones is 1. The summed E-state index contributed by atoms with van der Waals surface area (Å²) in [6.07, 6.45) is 1.67. The molecule has 0 aliphatic heterocycles. The monoisotopic (exact) mass is 253 g/mol. The molecule has 1 aromatic heterocycles. The molecule has 0 atom stereocenters. The number of aryl methyl sites for hydroxylation is 1. The molecule has 2 rings (SSSR count). The van der Waals surface area contributed by atoms with Crippen LogP contribution in [0.4, 0.5) is 0 Å². The molecular weight excluding hydrogens is 234 g/mol. The van der Waals surface area contributed by atoms with Crippen LogP contribution in [0.3, 0.4) is 0 Å². The van der Waals surface area contributed by atoms with Crippen LogP contribution in [0.2, 0.25) is 0 Å². The molecule has 0 bridgehead atoms. The van der Waals surface area contributed by atoms with E-state index in [-0.39, 0.29) is 11.2 Å². The summed E-state index contributed by atoms with van der Waals surface area (Å²) in [6, 6.07) is 11.4. The predicted molar refractivity (Wildman–Crippen MR) is 77.5 cm³/mol. The van der Waals surface area contributed by atoms with E-state index in [4.69, 9.17) is 0 Å². The lowest BCUT2D eigenvalue weighted by Crippen LogP contribution is -2.11. The Bertz CT molecular complexity index is 591. The first-order valence-corrected chi connectivity index (χ1v) is 6.46. The minimum atomic E-state index is 0.0472. The molecule has 2 heteroatoms. The van der Waals surface area contributed by atoms with Crippen LogP contribution < -0.4 is 0 Å². The van der Waals surface area contributed by atoms with Crippen molar-refractivity contribution < 1.29 is 4.79 Å². The zero-order valence-electron chi connectivity index (χ0n) is 11.9. The Morgan fingerprint density at radius 3 is 2.16 bits per heavy atom. The summed E-state index contributed by atoms with van der Waals surface area (Å²) in [5.41, 5.74) is 3.61. The third-order valence-electron chi connectivity index (χ3n) is 3.17. The smallest absolute Gasteiger partial charge is 0.193 e. The van der Waals surface area contributed by atoms with Crippen molar-refractivity contribution in [1.29, 1.82) is 0 Å². The minimum absolute atomic E-state index is 0.0472. The SMILES string of the molecule is Cc1cc(C(=O)c2ccc(C(C)(C)C)cc2)ccn1. The van der Waals surface area contributed by atoms with Crippen LogP contribution in [0.25, 0.3) is 0 Å². The first-order valence-electron chi connectivity index (χ1n) is 6.46. The van der Waals surface area contributed by atoms with Gasteiger partial charge in [-0.3, -0.25) is 9.78 Å². The Balaban J connectivity index is 2.30. The molecule has 2 aromatic rings. The Morgan fingerprint density at radius 2 is 1.63 bits per heavy atom. The highest BCUT2D eigenvalue weighted by Gasteiger charge is 2.15. The van der Waals surface area contributed by atoms with Crippen molar-refractivity contribution >= 4 is 5.78 Å². The van der Waals surface area contributed by atoms with Crippen molar-refractivity contribution in [1.82, 2.24) is 4.98 Å². The van der Waals surface area contributed by atoms with Gasteiger partial charge in [-0.05, 0) is 30.0 Å². The zero-order chi connectivity index (χ0) is 14.0. The lowest BCUT2D eigenvalue weighted by atomic mass is 9.86. The van der Waals surface area contributed by atoms with Gasteiger partial charge in [0.05, 0.1) is 0 Å². The maximum absolute atomic E-state index is 12.3. The fourth-order valence-electron chi connectivity index (χ4n) is 1.98. The van der Waals surface area contributed by atoms with Crippen molar-refractivity contribution in [2.45, 2.75) is 33.1 Å². The van der Waals surface area contributed by atoms with E-state index in [2.05, 4.69) is 25.8 Å². The zero-order valence-corrected chi connectivity index (χ0v) is 11.9. The molecule has 0 unspecified atom stereocenters. The van der Waals surface area contributed by atoms with Crippen LogP contribution in [0.5, 0.6) is 0 Å². The molecule has 0 radical (unpaired) electrons. The number of pyridine rings is 1. The van der Waals surface area contributed by atoms with E-state index in [0.29, 0.717) is 5.56 Å². The summed E-state index contributed by atoms with van der Waals surface area (Å²) in [6.45, 7) is 8.38. The summed E-state index contributed by atoms with van der Waals surface area (Å²) in [4.78, 5) is 16.4. The normalized spacial score (nSPS) is 11.4. The second kappa shape index (κ2) is 4.96. The van der Waals surface area contributed by atoms with Gasteiger partial charge in [0.25, 0.3) is 0 Å². The van der Waals surface area contributed by atoms with Gasteiger partial charge in [-0.2, -0.15) is 0 Å². The molecule has 0 fully saturated rings. The van der Waals surface area contributed by atoms with Gasteiger partial charge >= 0.3 is 0 Å². The number of carbonyl (C=O) groups is 1. The average molecular weight is 253 g/mol. The van der Waals surface area contributed by atoms with Crippen LogP contribution in [0.1, 0.15) is 48.0 Å². The van der Waals surface area contributed by atoms with Crippen molar-refractivity contribution in [3.63, 3.8) is 0 Å². The highest BCUT2D eigenvalue weighted by atomic mass is 16.1. The fourth-order valence-corrected chi connectivity index (χ4v) is 1.98. The van der Waals surface area contributed by atoms with E-state index in [1.807, 2.05) is 37.3 Å². The number of hydrogen-bond donors (Lipinski definition) is 0. The topological polar surface area (TPSA) is 30.0 Å². The minimum Gasteiger partial charge on any atom is -0.289 e. The van der Waals surface area contributed by atoms with E-state index in [9.17, 15) is 4.79 Å². The van der Waals surface area contributed by atoms with Crippen LogP contribution in [-0.2, 0) is 5.41 Å². The van der Waals surface area contributed by atoms with Crippen LogP contribution in [0.15, 0.2) is 42.6 Å². The molecule has 0 aliphatic rings. The molecule has 1 aromatic carbocycles. The van der Waals surface area contributed by atoms with Gasteiger partial charge < -0.3 is 0 Å². The number of hydrogen-bond acceptors (Lipinski definition) is 2. The van der Waals surface area contributed by atoms with Crippen molar-refractivity contribution in [3.05, 3.63) is 65.0 Å². The molecule has 0 aliphatic carbocycles. The van der Waals surface area contributed by atoms with Crippen LogP contribution in [-0.4, -0.2) is 10.8 Å². The molecule has 98 valence electrons. The number of aromatic nitrogens is 1. The number of rotatable bonds is 2. The van der Waals surface area contributed by atoms with E-state index >= 15 is 0 Å². The van der Waals surface area contributed by atoms with Crippen molar-refractivity contribution in [2.75, 3.05) is 0 Å². The second-order valence-corrected chi connectivity index (χ2v) is 5.84. The van der Waals surface area contributed by atoms with Crippen LogP contribution in [0, 0.1) is 6.92 Å². The number of benzene rings is 1. The van der Waals surface area contributed by atoms with Gasteiger partial charge in [0.1, 0.15) is 0 Å². The van der Waals surface area contributed by atoms with E-state index in [0.717, 1.165) is 11.3 Å². The highest BCUT2D eigenvalue weighted by Crippen LogP contribution is 2.22. The summed E-state index contributed by atoms with van der Waals surface area (Å²) in [5, 5.41) is 0. The van der Waals surface area contributed by atoms with E-state index in [1.165, 1.54) is 5.56 Å². The quantitative estimate of drug-likeness (QED) is 0.759. The molecule has 0 amide bonds. The van der Waals surface area contributed by atoms with E-state index in [1.54, 1.807) is 12.3 Å². The largest absolute Gasteiger partial charge is 0.289 e. The first kappa shape index (κ1) is 13.5. The first-order chi connectivity index (χ1) is 8.88. The lowest BCUT2D eigenvalue weighted by Gasteiger charge is -2.19. The van der Waals surface area contributed by atoms with Gasteiger partial charge in [-0.25, -0.2) is 0 Å². The molecule has 0 spiro atoms. The third kappa shape index (κ3) is 3.08. The Kier molecular flexibility index (Phi) is 3.52. The van der Waals surface area contributed by atoms with E-state index < -0.39 is 0 Å². The van der Waals surface area contributed by atoms with Gasteiger partial charge in [-0.15, -0.1) is 0 Å². The molecule has 19 heavy (non-hydrogen) atoms. The Hall–Kier alpha value is -1.96. The third-order valence-corrected chi connectivity index (χ3v) is 3.17. The molecule has 0 saturated carbocycles. The summed E-state index contributed by atoms with van der Waals surface area (Å²) in [7, 11) is 0. The highest BCUT2D eigenvalue weighted by molar-refractivity contribution is 6.08. The molecule has 0 N–H and O–H groups in total. The van der Waals surface area contributed by atoms with Gasteiger partial charge in [0, 0.05) is 23.0 Å². The maximum atomic E-state index is 12.3. The molecular formula is C17H19NO. The van der Waals surface area contributed by atoms with Crippen molar-refractivity contribution in [2.24, 2.45) is 0 Å². The van der Waals surface area contributed by atoms with Gasteiger partial charge in [0.15, 0.2) is 5.78 Å². The molecule has 0 saturated heterocycles. The summed E-state index contributed by atoms with van der Waals surface area (Å²) >= 11 is 0.